The van der Waals surface area contributed by atoms with E-state index in [0.717, 1.165) is 15.2 Å². The summed E-state index contributed by atoms with van der Waals surface area (Å²) < 4.78 is 2.85. The predicted octanol–water partition coefficient (Wildman–Crippen LogP) is 2.89. The van der Waals surface area contributed by atoms with Gasteiger partial charge in [-0.15, -0.1) is 0 Å². The highest BCUT2D eigenvalue weighted by Crippen LogP contribution is 2.25. The van der Waals surface area contributed by atoms with Gasteiger partial charge < -0.3 is 4.90 Å². The molecule has 1 saturated heterocycles. The van der Waals surface area contributed by atoms with Crippen LogP contribution in [0.3, 0.4) is 0 Å². The number of hydrogen-bond donors (Lipinski definition) is 0. The zero-order chi connectivity index (χ0) is 15.1. The van der Waals surface area contributed by atoms with Gasteiger partial charge in [-0.1, -0.05) is 24.3 Å². The molecule has 1 aliphatic heterocycles. The Hall–Kier alpha value is -2.21. The zero-order valence-electron chi connectivity index (χ0n) is 11.7. The Kier molecular flexibility index (Phi) is 3.18. The van der Waals surface area contributed by atoms with Crippen LogP contribution in [0.25, 0.3) is 10.8 Å². The highest BCUT2D eigenvalue weighted by Gasteiger charge is 2.34. The lowest BCUT2D eigenvalue weighted by Crippen LogP contribution is -2.51. The van der Waals surface area contributed by atoms with E-state index in [0.29, 0.717) is 18.8 Å². The third-order valence-electron chi connectivity index (χ3n) is 3.97. The molecule has 6 heteroatoms. The van der Waals surface area contributed by atoms with E-state index >= 15 is 0 Å². The van der Waals surface area contributed by atoms with Crippen LogP contribution in [-0.4, -0.2) is 38.7 Å². The lowest BCUT2D eigenvalue weighted by Gasteiger charge is -2.39. The molecule has 1 amide bonds. The quantitative estimate of drug-likeness (QED) is 0.709. The predicted molar refractivity (Wildman–Crippen MR) is 86.6 cm³/mol. The van der Waals surface area contributed by atoms with Crippen molar-refractivity contribution in [1.82, 2.24) is 19.7 Å². The van der Waals surface area contributed by atoms with Gasteiger partial charge in [-0.3, -0.25) is 14.5 Å². The summed E-state index contributed by atoms with van der Waals surface area (Å²) in [5.74, 6) is -0.0146. The van der Waals surface area contributed by atoms with Crippen LogP contribution in [0.2, 0.25) is 0 Å². The Balaban J connectivity index is 1.56. The number of rotatable bonds is 2. The summed E-state index contributed by atoms with van der Waals surface area (Å²) in [6, 6.07) is 10.00. The minimum atomic E-state index is -0.0146. The number of hydrogen-bond acceptors (Lipinski definition) is 3. The van der Waals surface area contributed by atoms with Crippen LogP contribution >= 0.6 is 15.9 Å². The van der Waals surface area contributed by atoms with Gasteiger partial charge in [-0.25, -0.2) is 0 Å². The molecule has 1 aliphatic rings. The van der Waals surface area contributed by atoms with E-state index in [9.17, 15) is 4.79 Å². The molecular formula is C16H13BrN4O. The first kappa shape index (κ1) is 13.5. The second kappa shape index (κ2) is 5.21. The number of fused-ring (bicyclic) bond motifs is 1. The van der Waals surface area contributed by atoms with Crippen molar-refractivity contribution >= 4 is 32.6 Å². The Labute approximate surface area is 135 Å². The monoisotopic (exact) mass is 356 g/mol. The molecule has 0 N–H and O–H groups in total. The molecule has 0 unspecified atom stereocenters. The van der Waals surface area contributed by atoms with Crippen molar-refractivity contribution in [3.05, 3.63) is 59.1 Å². The van der Waals surface area contributed by atoms with E-state index in [1.807, 2.05) is 46.1 Å². The maximum Gasteiger partial charge on any atom is 0.273 e. The van der Waals surface area contributed by atoms with Gasteiger partial charge in [0, 0.05) is 30.9 Å². The average molecular weight is 357 g/mol. The fourth-order valence-corrected chi connectivity index (χ4v) is 3.04. The zero-order valence-corrected chi connectivity index (χ0v) is 13.3. The Bertz CT molecular complexity index is 849. The summed E-state index contributed by atoms with van der Waals surface area (Å²) in [6.07, 6.45) is 5.39. The lowest BCUT2D eigenvalue weighted by molar-refractivity contribution is 0.0498. The van der Waals surface area contributed by atoms with Gasteiger partial charge in [0.25, 0.3) is 5.91 Å². The molecule has 4 rings (SSSR count). The summed E-state index contributed by atoms with van der Waals surface area (Å²) in [5.41, 5.74) is 0.526. The first-order valence-electron chi connectivity index (χ1n) is 7.05. The van der Waals surface area contributed by atoms with Crippen LogP contribution in [0.5, 0.6) is 0 Å². The fraction of sp³-hybridized carbons (Fsp3) is 0.188. The van der Waals surface area contributed by atoms with Crippen LogP contribution in [-0.2, 0) is 0 Å². The number of aromatic nitrogens is 3. The molecule has 110 valence electrons. The van der Waals surface area contributed by atoms with Gasteiger partial charge in [-0.05, 0) is 27.4 Å². The first-order valence-corrected chi connectivity index (χ1v) is 7.84. The third kappa shape index (κ3) is 2.20. The molecule has 5 nitrogen and oxygen atoms in total. The van der Waals surface area contributed by atoms with Crippen molar-refractivity contribution in [2.45, 2.75) is 6.04 Å². The molecule has 22 heavy (non-hydrogen) atoms. The summed E-state index contributed by atoms with van der Waals surface area (Å²) in [6.45, 7) is 1.33. The second-order valence-electron chi connectivity index (χ2n) is 5.38. The van der Waals surface area contributed by atoms with Gasteiger partial charge in [0.2, 0.25) is 0 Å². The van der Waals surface area contributed by atoms with Crippen molar-refractivity contribution < 1.29 is 4.79 Å². The number of likely N-dealkylation sites (tertiary alicyclic amines) is 1. The maximum atomic E-state index is 12.6. The smallest absolute Gasteiger partial charge is 0.273 e. The van der Waals surface area contributed by atoms with Crippen LogP contribution in [0.1, 0.15) is 16.5 Å². The molecule has 2 aromatic heterocycles. The number of nitrogens with zero attached hydrogens (tertiary/aromatic N) is 4. The molecule has 0 saturated carbocycles. The van der Waals surface area contributed by atoms with Crippen molar-refractivity contribution in [2.24, 2.45) is 0 Å². The van der Waals surface area contributed by atoms with Crippen molar-refractivity contribution in [3.8, 4) is 0 Å². The van der Waals surface area contributed by atoms with E-state index in [-0.39, 0.29) is 11.9 Å². The van der Waals surface area contributed by atoms with Gasteiger partial charge in [0.15, 0.2) is 0 Å². The van der Waals surface area contributed by atoms with Crippen molar-refractivity contribution in [2.75, 3.05) is 13.1 Å². The lowest BCUT2D eigenvalue weighted by atomic mass is 10.1. The van der Waals surface area contributed by atoms with E-state index in [4.69, 9.17) is 0 Å². The summed E-state index contributed by atoms with van der Waals surface area (Å²) in [5, 5.41) is 6.21. The molecule has 3 heterocycles. The third-order valence-corrected chi connectivity index (χ3v) is 4.38. The highest BCUT2D eigenvalue weighted by atomic mass is 79.9. The van der Waals surface area contributed by atoms with E-state index in [1.54, 1.807) is 12.4 Å². The van der Waals surface area contributed by atoms with Crippen molar-refractivity contribution in [1.29, 1.82) is 0 Å². The molecule has 0 spiro atoms. The SMILES string of the molecule is O=C(c1nccc2ccccc12)N1CC(n2cc(Br)cn2)C1. The molecule has 0 atom stereocenters. The number of benzene rings is 1. The Morgan fingerprint density at radius 3 is 2.82 bits per heavy atom. The number of halogens is 1. The van der Waals surface area contributed by atoms with Crippen LogP contribution in [0.4, 0.5) is 0 Å². The fourth-order valence-electron chi connectivity index (χ4n) is 2.74. The highest BCUT2D eigenvalue weighted by molar-refractivity contribution is 9.10. The molecule has 1 fully saturated rings. The first-order chi connectivity index (χ1) is 10.7. The van der Waals surface area contributed by atoms with Crippen molar-refractivity contribution in [3.63, 3.8) is 0 Å². The number of pyridine rings is 1. The van der Waals surface area contributed by atoms with E-state index < -0.39 is 0 Å². The largest absolute Gasteiger partial charge is 0.333 e. The van der Waals surface area contributed by atoms with Gasteiger partial charge in [0.05, 0.1) is 16.7 Å². The Morgan fingerprint density at radius 2 is 2.05 bits per heavy atom. The van der Waals surface area contributed by atoms with E-state index in [2.05, 4.69) is 26.0 Å². The number of amides is 1. The maximum absolute atomic E-state index is 12.6. The Morgan fingerprint density at radius 1 is 1.23 bits per heavy atom. The van der Waals surface area contributed by atoms with Gasteiger partial charge >= 0.3 is 0 Å². The molecule has 0 bridgehead atoms. The molecule has 1 aromatic carbocycles. The molecule has 0 radical (unpaired) electrons. The number of carbonyl (C=O) groups is 1. The molecular weight excluding hydrogens is 344 g/mol. The summed E-state index contributed by atoms with van der Waals surface area (Å²) >= 11 is 3.39. The van der Waals surface area contributed by atoms with E-state index in [1.165, 1.54) is 0 Å². The normalized spacial score (nSPS) is 15.0. The second-order valence-corrected chi connectivity index (χ2v) is 6.30. The topological polar surface area (TPSA) is 51.0 Å². The minimum absolute atomic E-state index is 0.0146. The number of carbonyl (C=O) groups excluding carboxylic acids is 1. The van der Waals surface area contributed by atoms with Gasteiger partial charge in [0.1, 0.15) is 5.69 Å². The standard InChI is InChI=1S/C16H13BrN4O/c17-12-7-19-21(8-12)13-9-20(10-13)16(22)15-14-4-2-1-3-11(14)5-6-18-15/h1-8,13H,9-10H2. The summed E-state index contributed by atoms with van der Waals surface area (Å²) in [7, 11) is 0. The average Bonchev–Trinajstić information content (AvgIpc) is 2.91. The molecule has 3 aromatic rings. The van der Waals surface area contributed by atoms with Crippen LogP contribution in [0, 0.1) is 0 Å². The molecule has 0 aliphatic carbocycles. The minimum Gasteiger partial charge on any atom is -0.333 e. The summed E-state index contributed by atoms with van der Waals surface area (Å²) in [4.78, 5) is 18.8. The van der Waals surface area contributed by atoms with Crippen LogP contribution in [0.15, 0.2) is 53.4 Å². The van der Waals surface area contributed by atoms with Crippen LogP contribution < -0.4 is 0 Å². The van der Waals surface area contributed by atoms with Gasteiger partial charge in [-0.2, -0.15) is 5.10 Å².